The fourth-order valence-corrected chi connectivity index (χ4v) is 0.612. The minimum Gasteiger partial charge on any atom is -0.781 e. The third kappa shape index (κ3) is 38.3. The average Bonchev–Trinajstić information content (AvgIpc) is 1.62. The molecule has 0 spiro atoms. The van der Waals surface area contributed by atoms with Crippen molar-refractivity contribution in [1.82, 2.24) is 0 Å². The zero-order chi connectivity index (χ0) is 8.57. The molecule has 2 unspecified atom stereocenters. The van der Waals surface area contributed by atoms with Gasteiger partial charge in [0.2, 0.25) is 0 Å². The SMILES string of the molecule is ClCCl.O=[PH]([O-])O[PH](=O)[O-].[Na+].[Na+]. The Balaban J connectivity index is -0.0000000569. The van der Waals surface area contributed by atoms with Gasteiger partial charge in [0.25, 0.3) is 0 Å². The van der Waals surface area contributed by atoms with E-state index in [2.05, 4.69) is 4.31 Å². The predicted molar refractivity (Wildman–Crippen MR) is 35.7 cm³/mol. The topological polar surface area (TPSA) is 89.5 Å². The van der Waals surface area contributed by atoms with Crippen LogP contribution in [0.15, 0.2) is 0 Å². The summed E-state index contributed by atoms with van der Waals surface area (Å²) in [6.45, 7) is 0. The van der Waals surface area contributed by atoms with Crippen LogP contribution >= 0.6 is 39.7 Å². The summed E-state index contributed by atoms with van der Waals surface area (Å²) in [6.07, 6.45) is 0. The van der Waals surface area contributed by atoms with Crippen molar-refractivity contribution in [2.75, 3.05) is 5.34 Å². The first-order valence-corrected chi connectivity index (χ1v) is 5.28. The standard InChI is InChI=1S/CH2Cl2.2Na.H4O5P2/c2-1-3;;;1-6(2)5-7(3)4/h1H2;;;6-7H,(H,1,2)(H,3,4)/q;2*+1;/p-2. The van der Waals surface area contributed by atoms with Gasteiger partial charge in [-0.05, 0) is 0 Å². The van der Waals surface area contributed by atoms with Gasteiger partial charge < -0.3 is 18.9 Å². The summed E-state index contributed by atoms with van der Waals surface area (Å²) in [5.74, 6) is 0. The van der Waals surface area contributed by atoms with Crippen molar-refractivity contribution in [3.8, 4) is 0 Å². The second-order valence-corrected chi connectivity index (χ2v) is 3.33. The van der Waals surface area contributed by atoms with Gasteiger partial charge in [0, 0.05) is 0 Å². The van der Waals surface area contributed by atoms with Crippen LogP contribution in [0.4, 0.5) is 0 Å². The van der Waals surface area contributed by atoms with E-state index >= 15 is 0 Å². The average molecular weight is 275 g/mol. The Morgan fingerprint density at radius 1 is 1.08 bits per heavy atom. The molecular weight excluding hydrogens is 271 g/mol. The summed E-state index contributed by atoms with van der Waals surface area (Å²) in [7, 11) is -7.03. The van der Waals surface area contributed by atoms with E-state index in [9.17, 15) is 18.9 Å². The van der Waals surface area contributed by atoms with E-state index in [4.69, 9.17) is 23.2 Å². The molecule has 5 nitrogen and oxygen atoms in total. The molecule has 0 aromatic heterocycles. The summed E-state index contributed by atoms with van der Waals surface area (Å²) < 4.78 is 21.8. The van der Waals surface area contributed by atoms with E-state index in [0.717, 1.165) is 0 Å². The largest absolute Gasteiger partial charge is 1.00 e. The van der Waals surface area contributed by atoms with Crippen LogP contribution in [-0.4, -0.2) is 5.34 Å². The van der Waals surface area contributed by atoms with Crippen molar-refractivity contribution >= 4 is 39.7 Å². The summed E-state index contributed by atoms with van der Waals surface area (Å²) in [6, 6.07) is 0. The maximum absolute atomic E-state index is 9.29. The molecule has 0 aromatic rings. The fraction of sp³-hybridized carbons (Fsp3) is 1.00. The molecule has 0 saturated carbocycles. The van der Waals surface area contributed by atoms with Crippen LogP contribution in [0, 0.1) is 0 Å². The number of hydrogen-bond donors (Lipinski definition) is 0. The smallest absolute Gasteiger partial charge is 0.781 e. The Labute approximate surface area is 126 Å². The maximum atomic E-state index is 9.29. The maximum Gasteiger partial charge on any atom is 1.00 e. The molecule has 64 valence electrons. The van der Waals surface area contributed by atoms with E-state index in [0.29, 0.717) is 0 Å². The van der Waals surface area contributed by atoms with Crippen molar-refractivity contribution in [2.24, 2.45) is 0 Å². The first kappa shape index (κ1) is 24.2. The molecule has 0 fully saturated rings. The number of hydrogen-bond acceptors (Lipinski definition) is 5. The van der Waals surface area contributed by atoms with E-state index in [1.165, 1.54) is 0 Å². The molecule has 2 atom stereocenters. The molecule has 0 aromatic carbocycles. The Kier molecular flexibility index (Phi) is 39.4. The van der Waals surface area contributed by atoms with Crippen LogP contribution in [0.3, 0.4) is 0 Å². The Morgan fingerprint density at radius 2 is 1.25 bits per heavy atom. The molecule has 0 amide bonds. The minimum atomic E-state index is -3.51. The molecule has 0 saturated heterocycles. The van der Waals surface area contributed by atoms with Gasteiger partial charge in [-0.15, -0.1) is 23.2 Å². The van der Waals surface area contributed by atoms with Crippen LogP contribution in [-0.2, 0) is 13.4 Å². The fourth-order valence-electron chi connectivity index (χ4n) is 0.0680. The van der Waals surface area contributed by atoms with Crippen LogP contribution in [0.2, 0.25) is 0 Å². The van der Waals surface area contributed by atoms with E-state index in [-0.39, 0.29) is 64.5 Å². The number of halogens is 2. The summed E-state index contributed by atoms with van der Waals surface area (Å²) in [5, 5.41) is 0.194. The second kappa shape index (κ2) is 19.5. The Morgan fingerprint density at radius 3 is 1.25 bits per heavy atom. The molecule has 0 aliphatic carbocycles. The molecular formula is CH4Cl2Na2O5P2. The van der Waals surface area contributed by atoms with Gasteiger partial charge >= 0.3 is 59.1 Å². The molecule has 12 heavy (non-hydrogen) atoms. The summed E-state index contributed by atoms with van der Waals surface area (Å²) in [4.78, 5) is 18.6. The molecule has 0 heterocycles. The first-order valence-electron chi connectivity index (χ1n) is 1.76. The van der Waals surface area contributed by atoms with Crippen LogP contribution < -0.4 is 68.9 Å². The molecule has 11 heteroatoms. The third-order valence-corrected chi connectivity index (χ3v) is 1.50. The van der Waals surface area contributed by atoms with E-state index in [1.54, 1.807) is 0 Å². The van der Waals surface area contributed by atoms with E-state index in [1.807, 2.05) is 0 Å². The monoisotopic (exact) mass is 274 g/mol. The van der Waals surface area contributed by atoms with Crippen molar-refractivity contribution in [1.29, 1.82) is 0 Å². The Bertz CT molecular complexity index is 112. The van der Waals surface area contributed by atoms with Crippen molar-refractivity contribution in [3.63, 3.8) is 0 Å². The van der Waals surface area contributed by atoms with E-state index < -0.39 is 16.5 Å². The van der Waals surface area contributed by atoms with Gasteiger partial charge in [0.05, 0.1) is 5.34 Å². The molecule has 0 N–H and O–H groups in total. The van der Waals surface area contributed by atoms with Crippen molar-refractivity contribution in [2.45, 2.75) is 0 Å². The van der Waals surface area contributed by atoms with Gasteiger partial charge in [0.15, 0.2) is 0 Å². The van der Waals surface area contributed by atoms with Crippen LogP contribution in [0.5, 0.6) is 0 Å². The zero-order valence-electron chi connectivity index (χ0n) is 6.50. The van der Waals surface area contributed by atoms with Gasteiger partial charge in [-0.25, -0.2) is 0 Å². The van der Waals surface area contributed by atoms with Gasteiger partial charge in [-0.2, -0.15) is 0 Å². The van der Waals surface area contributed by atoms with Gasteiger partial charge in [0.1, 0.15) is 16.5 Å². The number of rotatable bonds is 2. The first-order chi connectivity index (χ1) is 4.54. The summed E-state index contributed by atoms with van der Waals surface area (Å²) >= 11 is 9.53. The van der Waals surface area contributed by atoms with Crippen LogP contribution in [0.1, 0.15) is 0 Å². The van der Waals surface area contributed by atoms with Crippen molar-refractivity contribution in [3.05, 3.63) is 0 Å². The summed E-state index contributed by atoms with van der Waals surface area (Å²) in [5.41, 5.74) is 0. The molecule has 0 bridgehead atoms. The van der Waals surface area contributed by atoms with Gasteiger partial charge in [-0.1, -0.05) is 0 Å². The van der Waals surface area contributed by atoms with Crippen molar-refractivity contribution < 1.29 is 82.3 Å². The van der Waals surface area contributed by atoms with Crippen LogP contribution in [0.25, 0.3) is 0 Å². The molecule has 0 aliphatic heterocycles. The zero-order valence-corrected chi connectivity index (χ0v) is 14.0. The second-order valence-electron chi connectivity index (χ2n) is 0.703. The minimum absolute atomic E-state index is 0. The number of alkyl halides is 2. The quantitative estimate of drug-likeness (QED) is 0.284. The third-order valence-electron chi connectivity index (χ3n) is 0.167. The molecule has 0 radical (unpaired) electrons. The van der Waals surface area contributed by atoms with Gasteiger partial charge in [-0.3, -0.25) is 4.31 Å². The normalized spacial score (nSPS) is 12.3. The predicted octanol–water partition coefficient (Wildman–Crippen LogP) is -6.07. The Hall–Kier alpha value is 2.92. The molecule has 0 aliphatic rings. The molecule has 0 rings (SSSR count).